The zero-order chi connectivity index (χ0) is 24.4. The number of carbonyl (C=O) groups is 1. The molecule has 2 fully saturated rings. The van der Waals surface area contributed by atoms with Crippen molar-refractivity contribution < 1.29 is 23.8 Å². The molecule has 3 unspecified atom stereocenters. The number of aliphatic hydroxyl groups excluding tert-OH is 1. The first kappa shape index (κ1) is 24.2. The van der Waals surface area contributed by atoms with Gasteiger partial charge in [0, 0.05) is 30.3 Å². The van der Waals surface area contributed by atoms with Crippen LogP contribution >= 0.6 is 11.6 Å². The van der Waals surface area contributed by atoms with Crippen LogP contribution in [0.25, 0.3) is 0 Å². The van der Waals surface area contributed by atoms with E-state index in [1.807, 2.05) is 24.3 Å². The lowest BCUT2D eigenvalue weighted by atomic mass is 9.99. The van der Waals surface area contributed by atoms with Gasteiger partial charge in [0.15, 0.2) is 17.3 Å². The first-order valence-corrected chi connectivity index (χ1v) is 12.7. The maximum Gasteiger partial charge on any atom is 0.225 e. The van der Waals surface area contributed by atoms with Crippen molar-refractivity contribution in [3.8, 4) is 11.5 Å². The Balaban J connectivity index is 1.30. The summed E-state index contributed by atoms with van der Waals surface area (Å²) in [4.78, 5) is 17.7. The quantitative estimate of drug-likeness (QED) is 0.603. The molecule has 2 N–H and O–H groups in total. The van der Waals surface area contributed by atoms with Crippen molar-refractivity contribution in [2.45, 2.75) is 31.4 Å². The Morgan fingerprint density at radius 3 is 2.66 bits per heavy atom. The third kappa shape index (κ3) is 5.50. The topological polar surface area (TPSA) is 74.3 Å². The monoisotopic (exact) mass is 503 g/mol. The average molecular weight is 504 g/mol. The molecule has 0 aliphatic carbocycles. The van der Waals surface area contributed by atoms with Crippen molar-refractivity contribution in [2.75, 3.05) is 50.8 Å². The summed E-state index contributed by atoms with van der Waals surface area (Å²) >= 11 is 6.01. The molecular weight excluding hydrogens is 473 g/mol. The zero-order valence-electron chi connectivity index (χ0n) is 19.6. The van der Waals surface area contributed by atoms with Gasteiger partial charge in [0.2, 0.25) is 5.91 Å². The Morgan fingerprint density at radius 2 is 1.89 bits per heavy atom. The molecule has 1 amide bonds. The number of likely N-dealkylation sites (tertiary alicyclic amines) is 1. The lowest BCUT2D eigenvalue weighted by Crippen LogP contribution is -2.48. The Hall–Kier alpha value is -2.55. The molecule has 3 aliphatic heterocycles. The minimum absolute atomic E-state index is 0.0700. The third-order valence-electron chi connectivity index (χ3n) is 7.07. The highest BCUT2D eigenvalue weighted by Crippen LogP contribution is 2.36. The number of fused-ring (bicyclic) bond motifs is 1. The molecule has 0 aromatic heterocycles. The van der Waals surface area contributed by atoms with Gasteiger partial charge in [-0.05, 0) is 74.3 Å². The van der Waals surface area contributed by atoms with Gasteiger partial charge in [-0.1, -0.05) is 11.6 Å². The van der Waals surface area contributed by atoms with Crippen molar-refractivity contribution in [2.24, 2.45) is 5.92 Å². The number of hydrogen-bond donors (Lipinski definition) is 2. The van der Waals surface area contributed by atoms with Crippen LogP contribution in [0, 0.1) is 11.7 Å². The van der Waals surface area contributed by atoms with E-state index < -0.39 is 18.0 Å². The molecule has 2 aromatic rings. The highest BCUT2D eigenvalue weighted by atomic mass is 35.5. The summed E-state index contributed by atoms with van der Waals surface area (Å²) in [5.74, 6) is -0.512. The summed E-state index contributed by atoms with van der Waals surface area (Å²) in [5.41, 5.74) is 1.40. The maximum atomic E-state index is 14.7. The van der Waals surface area contributed by atoms with E-state index in [0.717, 1.165) is 44.6 Å². The van der Waals surface area contributed by atoms with E-state index in [4.69, 9.17) is 21.1 Å². The number of halogens is 2. The van der Waals surface area contributed by atoms with E-state index in [1.54, 1.807) is 6.07 Å². The molecule has 35 heavy (non-hydrogen) atoms. The van der Waals surface area contributed by atoms with Crippen LogP contribution in [0.1, 0.15) is 30.9 Å². The number of carbonyl (C=O) groups excluding carboxylic acids is 1. The number of amides is 1. The lowest BCUT2D eigenvalue weighted by Gasteiger charge is -2.30. The first-order chi connectivity index (χ1) is 17.0. The highest BCUT2D eigenvalue weighted by molar-refractivity contribution is 6.30. The minimum Gasteiger partial charge on any atom is -0.486 e. The van der Waals surface area contributed by atoms with Crippen LogP contribution in [-0.2, 0) is 4.79 Å². The molecule has 5 rings (SSSR count). The van der Waals surface area contributed by atoms with Crippen LogP contribution in [0.3, 0.4) is 0 Å². The fraction of sp³-hybridized carbons (Fsp3) is 0.500. The second kappa shape index (κ2) is 10.6. The molecule has 3 atom stereocenters. The van der Waals surface area contributed by atoms with Gasteiger partial charge in [-0.15, -0.1) is 0 Å². The number of anilines is 1. The predicted octanol–water partition coefficient (Wildman–Crippen LogP) is 3.39. The summed E-state index contributed by atoms with van der Waals surface area (Å²) in [5, 5.41) is 15.1. The molecule has 3 heterocycles. The number of aliphatic hydroxyl groups is 1. The molecular formula is C26H31ClFN3O4. The summed E-state index contributed by atoms with van der Waals surface area (Å²) < 4.78 is 25.6. The molecule has 9 heteroatoms. The lowest BCUT2D eigenvalue weighted by molar-refractivity contribution is -0.126. The fourth-order valence-electron chi connectivity index (χ4n) is 5.16. The Bertz CT molecular complexity index is 1050. The number of benzene rings is 2. The van der Waals surface area contributed by atoms with Crippen LogP contribution in [-0.4, -0.2) is 67.9 Å². The summed E-state index contributed by atoms with van der Waals surface area (Å²) in [6, 6.07) is 9.92. The number of nitrogens with zero attached hydrogens (tertiary/aromatic N) is 2. The Labute approximate surface area is 209 Å². The highest BCUT2D eigenvalue weighted by Gasteiger charge is 2.33. The summed E-state index contributed by atoms with van der Waals surface area (Å²) in [6.45, 7) is 4.31. The molecule has 2 saturated heterocycles. The fourth-order valence-corrected chi connectivity index (χ4v) is 5.29. The van der Waals surface area contributed by atoms with Gasteiger partial charge in [0.1, 0.15) is 19.3 Å². The van der Waals surface area contributed by atoms with Crippen molar-refractivity contribution in [1.82, 2.24) is 10.2 Å². The summed E-state index contributed by atoms with van der Waals surface area (Å²) in [6.07, 6.45) is 1.82. The van der Waals surface area contributed by atoms with Gasteiger partial charge in [0.05, 0.1) is 12.0 Å². The molecule has 0 bridgehead atoms. The van der Waals surface area contributed by atoms with Gasteiger partial charge >= 0.3 is 0 Å². The molecule has 3 aliphatic rings. The van der Waals surface area contributed by atoms with Crippen molar-refractivity contribution in [3.05, 3.63) is 52.8 Å². The van der Waals surface area contributed by atoms with Crippen LogP contribution in [0.4, 0.5) is 10.1 Å². The van der Waals surface area contributed by atoms with Crippen molar-refractivity contribution in [3.63, 3.8) is 0 Å². The third-order valence-corrected chi connectivity index (χ3v) is 7.33. The van der Waals surface area contributed by atoms with E-state index in [0.29, 0.717) is 30.3 Å². The number of rotatable bonds is 7. The second-order valence-corrected chi connectivity index (χ2v) is 9.94. The van der Waals surface area contributed by atoms with Crippen LogP contribution in [0.5, 0.6) is 11.5 Å². The number of ether oxygens (including phenoxy) is 2. The van der Waals surface area contributed by atoms with Gasteiger partial charge in [-0.3, -0.25) is 4.79 Å². The van der Waals surface area contributed by atoms with Crippen LogP contribution in [0.15, 0.2) is 36.4 Å². The Morgan fingerprint density at radius 1 is 1.14 bits per heavy atom. The van der Waals surface area contributed by atoms with E-state index in [1.165, 1.54) is 6.07 Å². The average Bonchev–Trinajstić information content (AvgIpc) is 3.56. The predicted molar refractivity (Wildman–Crippen MR) is 132 cm³/mol. The van der Waals surface area contributed by atoms with Crippen molar-refractivity contribution >= 4 is 23.2 Å². The Kier molecular flexibility index (Phi) is 7.32. The van der Waals surface area contributed by atoms with E-state index >= 15 is 0 Å². The second-order valence-electron chi connectivity index (χ2n) is 9.50. The largest absolute Gasteiger partial charge is 0.486 e. The van der Waals surface area contributed by atoms with E-state index in [9.17, 15) is 14.3 Å². The SMILES string of the molecule is O=C(NC(CN1CCCC1)C(O)c1cc(F)c2c(c1)OCCO2)C1CCN(c2ccc(Cl)cc2)C1. The van der Waals surface area contributed by atoms with E-state index in [-0.39, 0.29) is 29.9 Å². The standard InChI is InChI=1S/C26H31ClFN3O4/c27-19-3-5-20(6-4-19)31-10-7-17(15-31)26(33)29-22(16-30-8-1-2-9-30)24(32)18-13-21(28)25-23(14-18)34-11-12-35-25/h3-6,13-14,17,22,24,32H,1-2,7-12,15-16H2,(H,29,33). The smallest absolute Gasteiger partial charge is 0.225 e. The normalized spacial score (nSPS) is 21.7. The zero-order valence-corrected chi connectivity index (χ0v) is 20.3. The van der Waals surface area contributed by atoms with Crippen LogP contribution < -0.4 is 19.7 Å². The first-order valence-electron chi connectivity index (χ1n) is 12.3. The molecule has 2 aromatic carbocycles. The minimum atomic E-state index is -1.08. The summed E-state index contributed by atoms with van der Waals surface area (Å²) in [7, 11) is 0. The van der Waals surface area contributed by atoms with Gasteiger partial charge in [-0.25, -0.2) is 4.39 Å². The molecule has 0 radical (unpaired) electrons. The van der Waals surface area contributed by atoms with Gasteiger partial charge < -0.3 is 29.7 Å². The molecule has 7 nitrogen and oxygen atoms in total. The molecule has 0 spiro atoms. The van der Waals surface area contributed by atoms with E-state index in [2.05, 4.69) is 15.1 Å². The number of hydrogen-bond acceptors (Lipinski definition) is 6. The maximum absolute atomic E-state index is 14.7. The van der Waals surface area contributed by atoms with Crippen molar-refractivity contribution in [1.29, 1.82) is 0 Å². The van der Waals surface area contributed by atoms with Crippen LogP contribution in [0.2, 0.25) is 5.02 Å². The molecule has 0 saturated carbocycles. The van der Waals surface area contributed by atoms with Gasteiger partial charge in [-0.2, -0.15) is 0 Å². The number of nitrogens with one attached hydrogen (secondary N) is 1. The molecule has 188 valence electrons. The van der Waals surface area contributed by atoms with Gasteiger partial charge in [0.25, 0.3) is 0 Å².